The van der Waals surface area contributed by atoms with Crippen LogP contribution in [0.5, 0.6) is 11.5 Å². The van der Waals surface area contributed by atoms with Crippen LogP contribution in [0.3, 0.4) is 0 Å². The summed E-state index contributed by atoms with van der Waals surface area (Å²) in [6.45, 7) is 0.210. The van der Waals surface area contributed by atoms with Crippen LogP contribution < -0.4 is 19.7 Å². The highest BCUT2D eigenvalue weighted by atomic mass is 16.5. The number of aromatic nitrogens is 1. The molecular weight excluding hydrogens is 448 g/mol. The molecule has 3 amide bonds. The van der Waals surface area contributed by atoms with Gasteiger partial charge in [-0.3, -0.25) is 24.3 Å². The minimum absolute atomic E-state index is 0.203. The van der Waals surface area contributed by atoms with Crippen molar-refractivity contribution < 1.29 is 23.9 Å². The Kier molecular flexibility index (Phi) is 5.82. The van der Waals surface area contributed by atoms with Crippen LogP contribution in [0.25, 0.3) is 0 Å². The summed E-state index contributed by atoms with van der Waals surface area (Å²) in [4.78, 5) is 47.1. The first-order chi connectivity index (χ1) is 17.0. The highest BCUT2D eigenvalue weighted by Gasteiger charge is 2.50. The number of rotatable bonds is 7. The van der Waals surface area contributed by atoms with Gasteiger partial charge >= 0.3 is 0 Å². The predicted molar refractivity (Wildman–Crippen MR) is 128 cm³/mol. The van der Waals surface area contributed by atoms with Gasteiger partial charge in [-0.05, 0) is 42.3 Å². The van der Waals surface area contributed by atoms with Crippen molar-refractivity contribution >= 4 is 23.4 Å². The van der Waals surface area contributed by atoms with E-state index in [-0.39, 0.29) is 24.3 Å². The van der Waals surface area contributed by atoms with Crippen molar-refractivity contribution in [3.8, 4) is 11.5 Å². The number of nitrogens with zero attached hydrogens (tertiary/aromatic N) is 3. The van der Waals surface area contributed by atoms with Crippen LogP contribution in [-0.2, 0) is 11.2 Å². The molecule has 0 aliphatic carbocycles. The number of amides is 3. The molecule has 2 aliphatic rings. The molecular formula is C26H24N4O5. The van der Waals surface area contributed by atoms with Gasteiger partial charge in [0.1, 0.15) is 12.7 Å². The molecule has 3 heterocycles. The van der Waals surface area contributed by atoms with Gasteiger partial charge in [0.15, 0.2) is 11.5 Å². The molecule has 0 fully saturated rings. The Morgan fingerprint density at radius 3 is 2.51 bits per heavy atom. The summed E-state index contributed by atoms with van der Waals surface area (Å²) in [6.07, 6.45) is 3.27. The van der Waals surface area contributed by atoms with Crippen molar-refractivity contribution in [1.29, 1.82) is 0 Å². The lowest BCUT2D eigenvalue weighted by molar-refractivity contribution is -0.122. The maximum absolute atomic E-state index is 13.7. The molecule has 0 saturated carbocycles. The molecule has 2 aliphatic heterocycles. The number of methoxy groups -OCH3 is 2. The van der Waals surface area contributed by atoms with Gasteiger partial charge in [0, 0.05) is 24.5 Å². The Bertz CT molecular complexity index is 1310. The topological polar surface area (TPSA) is 101 Å². The van der Waals surface area contributed by atoms with Gasteiger partial charge in [-0.1, -0.05) is 18.2 Å². The smallest absolute Gasteiger partial charge is 0.264 e. The number of para-hydroxylation sites is 1. The second-order valence-corrected chi connectivity index (χ2v) is 8.22. The fraction of sp³-hybridized carbons (Fsp3) is 0.231. The second kappa shape index (κ2) is 9.09. The van der Waals surface area contributed by atoms with Gasteiger partial charge in [-0.15, -0.1) is 0 Å². The summed E-state index contributed by atoms with van der Waals surface area (Å²) in [7, 11) is 2.97. The number of anilines is 1. The van der Waals surface area contributed by atoms with E-state index in [2.05, 4.69) is 10.3 Å². The molecule has 35 heavy (non-hydrogen) atoms. The molecule has 1 N–H and O–H groups in total. The van der Waals surface area contributed by atoms with E-state index in [1.54, 1.807) is 53.7 Å². The molecule has 0 unspecified atom stereocenters. The van der Waals surface area contributed by atoms with Gasteiger partial charge in [-0.2, -0.15) is 0 Å². The highest BCUT2D eigenvalue weighted by molar-refractivity contribution is 6.18. The van der Waals surface area contributed by atoms with Crippen molar-refractivity contribution in [1.82, 2.24) is 15.2 Å². The van der Waals surface area contributed by atoms with Gasteiger partial charge in [-0.25, -0.2) is 0 Å². The van der Waals surface area contributed by atoms with Crippen molar-refractivity contribution in [2.45, 2.75) is 12.6 Å². The van der Waals surface area contributed by atoms with Crippen LogP contribution in [0, 0.1) is 0 Å². The quantitative estimate of drug-likeness (QED) is 0.567. The van der Waals surface area contributed by atoms with Gasteiger partial charge in [0.25, 0.3) is 11.8 Å². The number of hydrogen-bond donors (Lipinski definition) is 1. The molecule has 0 spiro atoms. The highest BCUT2D eigenvalue weighted by Crippen LogP contribution is 2.49. The summed E-state index contributed by atoms with van der Waals surface area (Å²) >= 11 is 0. The zero-order chi connectivity index (χ0) is 24.5. The van der Waals surface area contributed by atoms with Crippen molar-refractivity contribution in [2.75, 3.05) is 32.2 Å². The number of hydrogen-bond acceptors (Lipinski definition) is 6. The number of fused-ring (bicyclic) bond motifs is 5. The average molecular weight is 473 g/mol. The van der Waals surface area contributed by atoms with Gasteiger partial charge < -0.3 is 19.7 Å². The number of benzene rings is 2. The third-order valence-corrected chi connectivity index (χ3v) is 6.28. The largest absolute Gasteiger partial charge is 0.493 e. The molecule has 0 bridgehead atoms. The molecule has 9 heteroatoms. The number of pyridine rings is 1. The molecule has 178 valence electrons. The molecule has 0 saturated heterocycles. The van der Waals surface area contributed by atoms with E-state index in [4.69, 9.17) is 9.47 Å². The SMILES string of the molecule is COc1ccc2c(c1OC)C(=O)N1c3ccccc3C(=O)N(CC(=O)NCCc3ccncc3)[C@H]21. The van der Waals surface area contributed by atoms with Gasteiger partial charge in [0.05, 0.1) is 31.0 Å². The molecule has 5 rings (SSSR count). The molecule has 1 aromatic heterocycles. The maximum atomic E-state index is 13.7. The Morgan fingerprint density at radius 1 is 1.00 bits per heavy atom. The summed E-state index contributed by atoms with van der Waals surface area (Å²) in [5, 5.41) is 2.88. The van der Waals surface area contributed by atoms with Crippen LogP contribution in [0.1, 0.15) is 38.0 Å². The minimum atomic E-state index is -0.773. The van der Waals surface area contributed by atoms with Crippen molar-refractivity contribution in [3.05, 3.63) is 83.2 Å². The van der Waals surface area contributed by atoms with E-state index in [9.17, 15) is 14.4 Å². The average Bonchev–Trinajstić information content (AvgIpc) is 3.19. The minimum Gasteiger partial charge on any atom is -0.493 e. The third-order valence-electron chi connectivity index (χ3n) is 6.28. The normalized spacial score (nSPS) is 15.9. The Balaban J connectivity index is 1.47. The molecule has 9 nitrogen and oxygen atoms in total. The van der Waals surface area contributed by atoms with Crippen LogP contribution in [0.4, 0.5) is 5.69 Å². The molecule has 0 radical (unpaired) electrons. The van der Waals surface area contributed by atoms with Gasteiger partial charge in [0.2, 0.25) is 5.91 Å². The predicted octanol–water partition coefficient (Wildman–Crippen LogP) is 2.57. The number of carbonyl (C=O) groups is 3. The van der Waals surface area contributed by atoms with E-state index >= 15 is 0 Å². The number of ether oxygens (including phenoxy) is 2. The zero-order valence-corrected chi connectivity index (χ0v) is 19.4. The second-order valence-electron chi connectivity index (χ2n) is 8.22. The van der Waals surface area contributed by atoms with Crippen molar-refractivity contribution in [2.24, 2.45) is 0 Å². The van der Waals surface area contributed by atoms with Crippen LogP contribution in [0.2, 0.25) is 0 Å². The fourth-order valence-corrected chi connectivity index (χ4v) is 4.69. The van der Waals surface area contributed by atoms with E-state index < -0.39 is 6.17 Å². The zero-order valence-electron chi connectivity index (χ0n) is 19.4. The molecule has 2 aromatic carbocycles. The van der Waals surface area contributed by atoms with Crippen LogP contribution >= 0.6 is 0 Å². The number of carbonyl (C=O) groups excluding carboxylic acids is 3. The van der Waals surface area contributed by atoms with Crippen LogP contribution in [0.15, 0.2) is 60.9 Å². The lowest BCUT2D eigenvalue weighted by Crippen LogP contribution is -2.51. The van der Waals surface area contributed by atoms with E-state index in [0.717, 1.165) is 5.56 Å². The first-order valence-corrected chi connectivity index (χ1v) is 11.2. The first-order valence-electron chi connectivity index (χ1n) is 11.2. The molecule has 3 aromatic rings. The van der Waals surface area contributed by atoms with E-state index in [1.807, 2.05) is 12.1 Å². The van der Waals surface area contributed by atoms with E-state index in [1.165, 1.54) is 19.1 Å². The van der Waals surface area contributed by atoms with Crippen LogP contribution in [-0.4, -0.2) is 54.9 Å². The lowest BCUT2D eigenvalue weighted by atomic mass is 10.0. The third kappa shape index (κ3) is 3.74. The summed E-state index contributed by atoms with van der Waals surface area (Å²) in [6, 6.07) is 14.1. The summed E-state index contributed by atoms with van der Waals surface area (Å²) in [5.74, 6) is -0.228. The first kappa shape index (κ1) is 22.4. The Labute approximate surface area is 202 Å². The standard InChI is InChI=1S/C26H24N4O5/c1-34-20-8-7-18-22(23(20)35-2)26(33)30-19-6-4-3-5-17(19)25(32)29(24(18)30)15-21(31)28-14-11-16-9-12-27-13-10-16/h3-10,12-13,24H,11,14-15H2,1-2H3,(H,28,31)/t24-/m0/s1. The van der Waals surface area contributed by atoms with Crippen molar-refractivity contribution in [3.63, 3.8) is 0 Å². The Morgan fingerprint density at radius 2 is 1.77 bits per heavy atom. The maximum Gasteiger partial charge on any atom is 0.264 e. The monoisotopic (exact) mass is 472 g/mol. The number of nitrogens with one attached hydrogen (secondary N) is 1. The summed E-state index contributed by atoms with van der Waals surface area (Å²) in [5.41, 5.74) is 2.81. The Hall–Kier alpha value is -4.40. The summed E-state index contributed by atoms with van der Waals surface area (Å²) < 4.78 is 10.9. The molecule has 1 atom stereocenters. The fourth-order valence-electron chi connectivity index (χ4n) is 4.69. The van der Waals surface area contributed by atoms with E-state index in [0.29, 0.717) is 46.8 Å². The lowest BCUT2D eigenvalue weighted by Gasteiger charge is -2.40.